The SMILES string of the molecule is CCOC(=O)c1c(N=Cc2cc(Br)cc(I)c2O)sc2c1CCN(Cc1ccccc1)C2. The fourth-order valence-electron chi connectivity index (χ4n) is 3.74. The molecule has 0 atom stereocenters. The molecule has 0 aliphatic carbocycles. The molecule has 0 saturated heterocycles. The Bertz CT molecular complexity index is 1160. The van der Waals surface area contributed by atoms with Gasteiger partial charge in [0.2, 0.25) is 0 Å². The van der Waals surface area contributed by atoms with Crippen LogP contribution < -0.4 is 0 Å². The Kier molecular flexibility index (Phi) is 7.65. The lowest BCUT2D eigenvalue weighted by molar-refractivity contribution is 0.0526. The zero-order chi connectivity index (χ0) is 22.7. The molecule has 1 N–H and O–H groups in total. The molecule has 0 bridgehead atoms. The minimum absolute atomic E-state index is 0.172. The van der Waals surface area contributed by atoms with Crippen LogP contribution in [0.2, 0.25) is 0 Å². The van der Waals surface area contributed by atoms with Crippen molar-refractivity contribution < 1.29 is 14.6 Å². The summed E-state index contributed by atoms with van der Waals surface area (Å²) in [6.45, 7) is 4.64. The van der Waals surface area contributed by atoms with Gasteiger partial charge in [0.15, 0.2) is 0 Å². The van der Waals surface area contributed by atoms with E-state index in [2.05, 4.69) is 72.7 Å². The molecule has 32 heavy (non-hydrogen) atoms. The van der Waals surface area contributed by atoms with E-state index in [4.69, 9.17) is 4.74 Å². The highest BCUT2D eigenvalue weighted by Gasteiger charge is 2.28. The molecule has 0 radical (unpaired) electrons. The van der Waals surface area contributed by atoms with Crippen LogP contribution in [0, 0.1) is 3.57 Å². The first kappa shape index (κ1) is 23.4. The van der Waals surface area contributed by atoms with Crippen molar-refractivity contribution in [3.8, 4) is 5.75 Å². The number of hydrogen-bond donors (Lipinski definition) is 1. The molecule has 0 spiro atoms. The molecule has 1 aromatic heterocycles. The van der Waals surface area contributed by atoms with Crippen LogP contribution in [-0.2, 0) is 24.2 Å². The Labute approximate surface area is 213 Å². The Morgan fingerprint density at radius 3 is 2.88 bits per heavy atom. The second-order valence-electron chi connectivity index (χ2n) is 7.43. The van der Waals surface area contributed by atoms with Gasteiger partial charge in [-0.15, -0.1) is 11.3 Å². The van der Waals surface area contributed by atoms with Crippen molar-refractivity contribution in [3.63, 3.8) is 0 Å². The van der Waals surface area contributed by atoms with E-state index in [9.17, 15) is 9.90 Å². The van der Waals surface area contributed by atoms with Crippen LogP contribution in [0.5, 0.6) is 5.75 Å². The Morgan fingerprint density at radius 1 is 1.34 bits per heavy atom. The number of thiophene rings is 1. The highest BCUT2D eigenvalue weighted by molar-refractivity contribution is 14.1. The summed E-state index contributed by atoms with van der Waals surface area (Å²) in [6.07, 6.45) is 2.40. The average Bonchev–Trinajstić information content (AvgIpc) is 3.13. The van der Waals surface area contributed by atoms with E-state index in [1.165, 1.54) is 16.9 Å². The second kappa shape index (κ2) is 10.5. The smallest absolute Gasteiger partial charge is 0.341 e. The highest BCUT2D eigenvalue weighted by Crippen LogP contribution is 2.40. The van der Waals surface area contributed by atoms with Crippen molar-refractivity contribution in [1.82, 2.24) is 4.90 Å². The molecule has 4 rings (SSSR count). The van der Waals surface area contributed by atoms with E-state index >= 15 is 0 Å². The van der Waals surface area contributed by atoms with Crippen LogP contribution >= 0.6 is 49.9 Å². The van der Waals surface area contributed by atoms with Crippen molar-refractivity contribution in [2.45, 2.75) is 26.4 Å². The number of fused-ring (bicyclic) bond motifs is 1. The highest BCUT2D eigenvalue weighted by atomic mass is 127. The van der Waals surface area contributed by atoms with E-state index in [-0.39, 0.29) is 11.7 Å². The molecular formula is C24H22BrIN2O3S. The Morgan fingerprint density at radius 2 is 2.12 bits per heavy atom. The summed E-state index contributed by atoms with van der Waals surface area (Å²) >= 11 is 7.07. The number of carbonyl (C=O) groups is 1. The molecule has 8 heteroatoms. The topological polar surface area (TPSA) is 62.1 Å². The van der Waals surface area contributed by atoms with Gasteiger partial charge in [0.05, 0.1) is 15.7 Å². The molecule has 166 valence electrons. The normalized spacial score (nSPS) is 14.0. The first-order valence-corrected chi connectivity index (χ1v) is 12.9. The van der Waals surface area contributed by atoms with Crippen LogP contribution in [0.1, 0.15) is 38.8 Å². The minimum Gasteiger partial charge on any atom is -0.506 e. The van der Waals surface area contributed by atoms with Crippen LogP contribution in [0.15, 0.2) is 51.9 Å². The standard InChI is InChI=1S/C24H22BrIN2O3S/c1-2-31-24(30)21-18-8-9-28(13-15-6-4-3-5-7-15)14-20(18)32-23(21)27-12-16-10-17(25)11-19(26)22(16)29/h3-7,10-12,29H,2,8-9,13-14H2,1H3. The van der Waals surface area contributed by atoms with E-state index in [0.29, 0.717) is 22.7 Å². The predicted molar refractivity (Wildman–Crippen MR) is 140 cm³/mol. The minimum atomic E-state index is -0.332. The average molecular weight is 625 g/mol. The van der Waals surface area contributed by atoms with Crippen LogP contribution in [0.3, 0.4) is 0 Å². The van der Waals surface area contributed by atoms with Crippen molar-refractivity contribution in [3.05, 3.63) is 77.6 Å². The van der Waals surface area contributed by atoms with E-state index < -0.39 is 0 Å². The lowest BCUT2D eigenvalue weighted by Gasteiger charge is -2.27. The summed E-state index contributed by atoms with van der Waals surface area (Å²) < 4.78 is 6.93. The summed E-state index contributed by atoms with van der Waals surface area (Å²) in [7, 11) is 0. The second-order valence-corrected chi connectivity index (χ2v) is 10.6. The first-order chi connectivity index (χ1) is 15.5. The summed E-state index contributed by atoms with van der Waals surface area (Å²) in [4.78, 5) is 21.0. The monoisotopic (exact) mass is 624 g/mol. The number of benzene rings is 2. The maximum Gasteiger partial charge on any atom is 0.341 e. The van der Waals surface area contributed by atoms with Gasteiger partial charge in [-0.05, 0) is 59.2 Å². The van der Waals surface area contributed by atoms with Crippen LogP contribution in [0.25, 0.3) is 0 Å². The third-order valence-corrected chi connectivity index (χ3v) is 7.63. The van der Waals surface area contributed by atoms with Gasteiger partial charge in [0, 0.05) is 40.8 Å². The van der Waals surface area contributed by atoms with Gasteiger partial charge in [-0.25, -0.2) is 9.79 Å². The van der Waals surface area contributed by atoms with Gasteiger partial charge in [0.1, 0.15) is 10.8 Å². The quantitative estimate of drug-likeness (QED) is 0.198. The first-order valence-electron chi connectivity index (χ1n) is 10.3. The Hall–Kier alpha value is -1.75. The van der Waals surface area contributed by atoms with Crippen molar-refractivity contribution in [2.24, 2.45) is 4.99 Å². The summed E-state index contributed by atoms with van der Waals surface area (Å²) in [5.74, 6) is -0.160. The third-order valence-electron chi connectivity index (χ3n) is 5.22. The van der Waals surface area contributed by atoms with Crippen molar-refractivity contribution in [2.75, 3.05) is 13.2 Å². The summed E-state index contributed by atoms with van der Waals surface area (Å²) in [5, 5.41) is 11.0. The van der Waals surface area contributed by atoms with Crippen LogP contribution in [-0.4, -0.2) is 35.3 Å². The maximum absolute atomic E-state index is 12.8. The number of carbonyl (C=O) groups excluding carboxylic acids is 1. The lowest BCUT2D eigenvalue weighted by Crippen LogP contribution is -2.29. The van der Waals surface area contributed by atoms with Crippen molar-refractivity contribution >= 4 is 67.0 Å². The number of hydrogen-bond acceptors (Lipinski definition) is 6. The zero-order valence-corrected chi connectivity index (χ0v) is 22.0. The number of esters is 1. The van der Waals surface area contributed by atoms with Gasteiger partial charge in [0.25, 0.3) is 0 Å². The number of ether oxygens (including phenoxy) is 1. The van der Waals surface area contributed by atoms with E-state index in [1.54, 1.807) is 12.3 Å². The third kappa shape index (κ3) is 5.24. The molecular weight excluding hydrogens is 603 g/mol. The molecule has 3 aromatic rings. The molecule has 0 saturated carbocycles. The van der Waals surface area contributed by atoms with Crippen LogP contribution in [0.4, 0.5) is 5.00 Å². The summed E-state index contributed by atoms with van der Waals surface area (Å²) in [6, 6.07) is 14.0. The van der Waals surface area contributed by atoms with Crippen molar-refractivity contribution in [1.29, 1.82) is 0 Å². The predicted octanol–water partition coefficient (Wildman–Crippen LogP) is 6.31. The molecule has 0 unspecified atom stereocenters. The number of phenols is 1. The van der Waals surface area contributed by atoms with E-state index in [1.807, 2.05) is 19.1 Å². The molecule has 0 amide bonds. The fourth-order valence-corrected chi connectivity index (χ4v) is 6.51. The lowest BCUT2D eigenvalue weighted by atomic mass is 10.0. The molecule has 1 aliphatic rings. The number of aromatic hydroxyl groups is 1. The molecule has 0 fully saturated rings. The molecule has 2 aromatic carbocycles. The van der Waals surface area contributed by atoms with Gasteiger partial charge in [-0.2, -0.15) is 0 Å². The van der Waals surface area contributed by atoms with Gasteiger partial charge in [-0.1, -0.05) is 46.3 Å². The summed E-state index contributed by atoms with van der Waals surface area (Å²) in [5.41, 5.74) is 3.47. The number of rotatable bonds is 6. The van der Waals surface area contributed by atoms with Gasteiger partial charge >= 0.3 is 5.97 Å². The zero-order valence-electron chi connectivity index (χ0n) is 17.5. The number of halogens is 2. The number of phenolic OH excluding ortho intramolecular Hbond substituents is 1. The molecule has 5 nitrogen and oxygen atoms in total. The number of nitrogens with zero attached hydrogens (tertiary/aromatic N) is 2. The van der Waals surface area contributed by atoms with Gasteiger partial charge < -0.3 is 9.84 Å². The fraction of sp³-hybridized carbons (Fsp3) is 0.250. The maximum atomic E-state index is 12.8. The molecule has 2 heterocycles. The Balaban J connectivity index is 1.65. The largest absolute Gasteiger partial charge is 0.506 e. The van der Waals surface area contributed by atoms with E-state index in [0.717, 1.165) is 44.5 Å². The number of aliphatic imine (C=N–C) groups is 1. The van der Waals surface area contributed by atoms with Gasteiger partial charge in [-0.3, -0.25) is 4.90 Å². The molecule has 1 aliphatic heterocycles.